The number of nitro groups is 1. The highest BCUT2D eigenvalue weighted by Gasteiger charge is 2.13. The molecule has 0 spiro atoms. The second-order valence-electron chi connectivity index (χ2n) is 4.99. The predicted molar refractivity (Wildman–Crippen MR) is 80.7 cm³/mol. The smallest absolute Gasteiger partial charge is 0.275 e. The number of hydrogen-bond donors (Lipinski definition) is 1. The Labute approximate surface area is 119 Å². The molecule has 0 saturated heterocycles. The van der Waals surface area contributed by atoms with Crippen molar-refractivity contribution in [1.29, 1.82) is 0 Å². The maximum atomic E-state index is 11.0. The van der Waals surface area contributed by atoms with Gasteiger partial charge in [0.2, 0.25) is 0 Å². The summed E-state index contributed by atoms with van der Waals surface area (Å²) in [6, 6.07) is 4.88. The van der Waals surface area contributed by atoms with Crippen LogP contribution in [-0.2, 0) is 0 Å². The van der Waals surface area contributed by atoms with E-state index in [0.29, 0.717) is 5.75 Å². The van der Waals surface area contributed by atoms with Crippen molar-refractivity contribution in [2.75, 3.05) is 32.1 Å². The van der Waals surface area contributed by atoms with Crippen LogP contribution in [0.3, 0.4) is 0 Å². The average molecular weight is 281 g/mol. The van der Waals surface area contributed by atoms with Crippen LogP contribution in [0.25, 0.3) is 0 Å². The monoisotopic (exact) mass is 281 g/mol. The third kappa shape index (κ3) is 5.05. The predicted octanol–water partition coefficient (Wildman–Crippen LogP) is 2.43. The maximum absolute atomic E-state index is 11.0. The van der Waals surface area contributed by atoms with Crippen molar-refractivity contribution in [1.82, 2.24) is 5.32 Å². The number of nitro benzene ring substituents is 1. The topological polar surface area (TPSA) is 67.6 Å². The molecular weight excluding hydrogens is 258 g/mol. The normalized spacial score (nSPS) is 10.7. The second kappa shape index (κ2) is 7.69. The van der Waals surface area contributed by atoms with Gasteiger partial charge in [0.25, 0.3) is 5.69 Å². The number of benzene rings is 1. The molecule has 0 aliphatic heterocycles. The quantitative estimate of drug-likeness (QED) is 0.450. The lowest BCUT2D eigenvalue weighted by molar-refractivity contribution is -0.384. The van der Waals surface area contributed by atoms with Crippen molar-refractivity contribution in [3.05, 3.63) is 28.3 Å². The summed E-state index contributed by atoms with van der Waals surface area (Å²) in [7, 11) is 3.83. The van der Waals surface area contributed by atoms with Crippen molar-refractivity contribution >= 4 is 11.4 Å². The largest absolute Gasteiger partial charge is 0.491 e. The molecule has 0 amide bonds. The number of non-ortho nitro benzene ring substituents is 1. The van der Waals surface area contributed by atoms with E-state index in [1.807, 2.05) is 38.9 Å². The van der Waals surface area contributed by atoms with E-state index in [2.05, 4.69) is 5.32 Å². The van der Waals surface area contributed by atoms with Gasteiger partial charge >= 0.3 is 0 Å². The summed E-state index contributed by atoms with van der Waals surface area (Å²) in [5.41, 5.74) is 0.851. The maximum Gasteiger partial charge on any atom is 0.275 e. The highest BCUT2D eigenvalue weighted by Crippen LogP contribution is 2.28. The lowest BCUT2D eigenvalue weighted by Crippen LogP contribution is -2.22. The first kappa shape index (κ1) is 16.2. The van der Waals surface area contributed by atoms with Gasteiger partial charge < -0.3 is 15.0 Å². The van der Waals surface area contributed by atoms with Gasteiger partial charge in [0, 0.05) is 31.4 Å². The van der Waals surface area contributed by atoms with E-state index in [1.54, 1.807) is 6.07 Å². The summed E-state index contributed by atoms with van der Waals surface area (Å²) in [4.78, 5) is 12.6. The van der Waals surface area contributed by atoms with E-state index in [4.69, 9.17) is 4.74 Å². The first-order valence-corrected chi connectivity index (χ1v) is 6.76. The molecule has 20 heavy (non-hydrogen) atoms. The molecule has 1 aromatic rings. The van der Waals surface area contributed by atoms with Crippen molar-refractivity contribution in [3.8, 4) is 5.75 Å². The second-order valence-corrected chi connectivity index (χ2v) is 4.99. The molecule has 6 nitrogen and oxygen atoms in total. The van der Waals surface area contributed by atoms with Crippen LogP contribution < -0.4 is 15.0 Å². The van der Waals surface area contributed by atoms with E-state index >= 15 is 0 Å². The fourth-order valence-electron chi connectivity index (χ4n) is 1.86. The van der Waals surface area contributed by atoms with Gasteiger partial charge in [0.05, 0.1) is 17.1 Å². The number of rotatable bonds is 8. The summed E-state index contributed by atoms with van der Waals surface area (Å²) in [5, 5.41) is 14.1. The number of nitrogens with zero attached hydrogens (tertiary/aromatic N) is 2. The molecule has 1 aromatic carbocycles. The van der Waals surface area contributed by atoms with Gasteiger partial charge in [-0.25, -0.2) is 0 Å². The number of nitrogens with one attached hydrogen (secondary N) is 1. The third-order valence-corrected chi connectivity index (χ3v) is 2.82. The average Bonchev–Trinajstić information content (AvgIpc) is 2.37. The summed E-state index contributed by atoms with van der Waals surface area (Å²) in [6.45, 7) is 5.53. The van der Waals surface area contributed by atoms with Gasteiger partial charge in [-0.2, -0.15) is 0 Å². The Morgan fingerprint density at radius 1 is 1.40 bits per heavy atom. The number of anilines is 1. The first-order valence-electron chi connectivity index (χ1n) is 6.76. The zero-order valence-electron chi connectivity index (χ0n) is 12.5. The van der Waals surface area contributed by atoms with Crippen LogP contribution in [-0.4, -0.2) is 38.2 Å². The highest BCUT2D eigenvalue weighted by molar-refractivity contribution is 5.57. The Morgan fingerprint density at radius 2 is 2.10 bits per heavy atom. The van der Waals surface area contributed by atoms with E-state index in [1.165, 1.54) is 6.07 Å². The molecule has 0 atom stereocenters. The standard InChI is InChI=1S/C14H23N3O3/c1-11(2)20-14-9-12(8-13(10-14)17(18)19)16(4)7-5-6-15-3/h8-11,15H,5-7H2,1-4H3. The van der Waals surface area contributed by atoms with Gasteiger partial charge in [0.15, 0.2) is 0 Å². The number of ether oxygens (including phenoxy) is 1. The summed E-state index contributed by atoms with van der Waals surface area (Å²) in [6.07, 6.45) is 0.954. The van der Waals surface area contributed by atoms with Crippen molar-refractivity contribution in [3.63, 3.8) is 0 Å². The lowest BCUT2D eigenvalue weighted by Gasteiger charge is -2.20. The molecule has 0 radical (unpaired) electrons. The zero-order chi connectivity index (χ0) is 15.1. The van der Waals surface area contributed by atoms with Crippen molar-refractivity contribution in [2.45, 2.75) is 26.4 Å². The molecule has 0 aliphatic carbocycles. The van der Waals surface area contributed by atoms with E-state index in [9.17, 15) is 10.1 Å². The third-order valence-electron chi connectivity index (χ3n) is 2.82. The Balaban J connectivity index is 2.92. The zero-order valence-corrected chi connectivity index (χ0v) is 12.5. The Morgan fingerprint density at radius 3 is 2.65 bits per heavy atom. The SMILES string of the molecule is CNCCCN(C)c1cc(OC(C)C)cc([N+](=O)[O-])c1. The first-order chi connectivity index (χ1) is 9.43. The van der Waals surface area contributed by atoms with Crippen molar-refractivity contribution in [2.24, 2.45) is 0 Å². The van der Waals surface area contributed by atoms with Crippen LogP contribution in [0.2, 0.25) is 0 Å². The number of hydrogen-bond acceptors (Lipinski definition) is 5. The van der Waals surface area contributed by atoms with Crippen molar-refractivity contribution < 1.29 is 9.66 Å². The minimum absolute atomic E-state index is 0.0144. The molecule has 0 bridgehead atoms. The van der Waals surface area contributed by atoms with Gasteiger partial charge in [-0.3, -0.25) is 10.1 Å². The molecule has 0 aliphatic rings. The molecule has 0 saturated carbocycles. The molecule has 0 fully saturated rings. The van der Waals surface area contributed by atoms with Crippen LogP contribution in [0.5, 0.6) is 5.75 Å². The van der Waals surface area contributed by atoms with E-state index in [-0.39, 0.29) is 11.8 Å². The summed E-state index contributed by atoms with van der Waals surface area (Å²) < 4.78 is 5.58. The molecule has 1 N–H and O–H groups in total. The van der Waals surface area contributed by atoms with Gasteiger partial charge in [-0.05, 0) is 33.9 Å². The molecule has 1 rings (SSSR count). The van der Waals surface area contributed by atoms with Crippen LogP contribution in [0.4, 0.5) is 11.4 Å². The minimum atomic E-state index is -0.391. The summed E-state index contributed by atoms with van der Waals surface area (Å²) >= 11 is 0. The van der Waals surface area contributed by atoms with Crippen LogP contribution in [0.15, 0.2) is 18.2 Å². The molecular formula is C14H23N3O3. The van der Waals surface area contributed by atoms with Gasteiger partial charge in [0.1, 0.15) is 5.75 Å². The van der Waals surface area contributed by atoms with Crippen LogP contribution >= 0.6 is 0 Å². The van der Waals surface area contributed by atoms with Crippen LogP contribution in [0.1, 0.15) is 20.3 Å². The summed E-state index contributed by atoms with van der Waals surface area (Å²) in [5.74, 6) is 0.532. The van der Waals surface area contributed by atoms with E-state index in [0.717, 1.165) is 25.2 Å². The fraction of sp³-hybridized carbons (Fsp3) is 0.571. The fourth-order valence-corrected chi connectivity index (χ4v) is 1.86. The van der Waals surface area contributed by atoms with E-state index < -0.39 is 4.92 Å². The molecule has 6 heteroatoms. The molecule has 0 aromatic heterocycles. The lowest BCUT2D eigenvalue weighted by atomic mass is 10.2. The molecule has 112 valence electrons. The van der Waals surface area contributed by atoms with Gasteiger partial charge in [-0.15, -0.1) is 0 Å². The van der Waals surface area contributed by atoms with Gasteiger partial charge in [-0.1, -0.05) is 0 Å². The molecule has 0 unspecified atom stereocenters. The highest BCUT2D eigenvalue weighted by atomic mass is 16.6. The Bertz CT molecular complexity index is 449. The van der Waals surface area contributed by atoms with Crippen LogP contribution in [0, 0.1) is 10.1 Å². The molecule has 0 heterocycles. The Kier molecular flexibility index (Phi) is 6.24. The Hall–Kier alpha value is -1.82. The minimum Gasteiger partial charge on any atom is -0.491 e.